The molecule has 0 radical (unpaired) electrons. The van der Waals surface area contributed by atoms with Gasteiger partial charge in [-0.2, -0.15) is 5.26 Å². The molecule has 6 heteroatoms. The van der Waals surface area contributed by atoms with Gasteiger partial charge in [-0.05, 0) is 18.2 Å². The van der Waals surface area contributed by atoms with Crippen molar-refractivity contribution >= 4 is 23.2 Å². The molecular formula is C12H12N4O2. The highest BCUT2D eigenvalue weighted by atomic mass is 16.2. The lowest BCUT2D eigenvalue weighted by atomic mass is 10.1. The van der Waals surface area contributed by atoms with Crippen LogP contribution < -0.4 is 11.1 Å². The van der Waals surface area contributed by atoms with E-state index in [4.69, 9.17) is 11.0 Å². The number of hydrogen-bond donors (Lipinski definition) is 2. The maximum Gasteiger partial charge on any atom is 0.251 e. The van der Waals surface area contributed by atoms with Gasteiger partial charge in [-0.1, -0.05) is 0 Å². The predicted octanol–water partition coefficient (Wildman–Crippen LogP) is 0.310. The summed E-state index contributed by atoms with van der Waals surface area (Å²) in [7, 11) is 1.45. The number of anilines is 2. The first-order valence-corrected chi connectivity index (χ1v) is 5.39. The summed E-state index contributed by atoms with van der Waals surface area (Å²) < 4.78 is 0. The summed E-state index contributed by atoms with van der Waals surface area (Å²) in [6.07, 6.45) is 0.127. The zero-order valence-electron chi connectivity index (χ0n) is 9.80. The second-order valence-corrected chi connectivity index (χ2v) is 4.11. The van der Waals surface area contributed by atoms with Crippen LogP contribution in [0.4, 0.5) is 11.4 Å². The Morgan fingerprint density at radius 3 is 2.78 bits per heavy atom. The molecule has 1 heterocycles. The Morgan fingerprint density at radius 2 is 2.22 bits per heavy atom. The Bertz CT molecular complexity index is 562. The van der Waals surface area contributed by atoms with Gasteiger partial charge in [0, 0.05) is 18.4 Å². The van der Waals surface area contributed by atoms with Crippen molar-refractivity contribution in [3.05, 3.63) is 23.8 Å². The summed E-state index contributed by atoms with van der Waals surface area (Å²) in [4.78, 5) is 24.1. The molecule has 0 spiro atoms. The van der Waals surface area contributed by atoms with Crippen LogP contribution in [0.3, 0.4) is 0 Å². The summed E-state index contributed by atoms with van der Waals surface area (Å²) in [5, 5.41) is 11.8. The van der Waals surface area contributed by atoms with E-state index in [1.807, 2.05) is 6.07 Å². The summed E-state index contributed by atoms with van der Waals surface area (Å²) in [6, 6.07) is 6.21. The van der Waals surface area contributed by atoms with Crippen molar-refractivity contribution in [1.82, 2.24) is 4.90 Å². The van der Waals surface area contributed by atoms with Gasteiger partial charge in [-0.25, -0.2) is 0 Å². The first-order valence-electron chi connectivity index (χ1n) is 5.39. The number of carbonyl (C=O) groups excluding carboxylic acids is 2. The van der Waals surface area contributed by atoms with Crippen molar-refractivity contribution in [2.24, 2.45) is 0 Å². The van der Waals surface area contributed by atoms with Crippen molar-refractivity contribution in [3.8, 4) is 6.07 Å². The highest BCUT2D eigenvalue weighted by Gasteiger charge is 2.35. The molecule has 1 unspecified atom stereocenters. The van der Waals surface area contributed by atoms with Crippen LogP contribution in [0.15, 0.2) is 18.2 Å². The molecule has 6 nitrogen and oxygen atoms in total. The first kappa shape index (κ1) is 11.9. The van der Waals surface area contributed by atoms with Crippen molar-refractivity contribution in [1.29, 1.82) is 5.26 Å². The topological polar surface area (TPSA) is 99.2 Å². The molecule has 0 aliphatic carbocycles. The maximum atomic E-state index is 11.7. The van der Waals surface area contributed by atoms with Crippen LogP contribution in [-0.4, -0.2) is 29.8 Å². The van der Waals surface area contributed by atoms with Crippen molar-refractivity contribution < 1.29 is 9.59 Å². The van der Waals surface area contributed by atoms with Crippen LogP contribution in [0, 0.1) is 11.3 Å². The van der Waals surface area contributed by atoms with Crippen LogP contribution in [0.5, 0.6) is 0 Å². The lowest BCUT2D eigenvalue weighted by Gasteiger charge is -2.12. The average molecular weight is 244 g/mol. The van der Waals surface area contributed by atoms with E-state index in [0.717, 1.165) is 4.90 Å². The number of carbonyl (C=O) groups is 2. The van der Waals surface area contributed by atoms with E-state index >= 15 is 0 Å². The molecule has 3 N–H and O–H groups in total. The number of likely N-dealkylation sites (tertiary alicyclic amines) is 1. The van der Waals surface area contributed by atoms with Crippen molar-refractivity contribution in [2.45, 2.75) is 12.5 Å². The number of imide groups is 1. The molecule has 2 rings (SSSR count). The number of amides is 2. The van der Waals surface area contributed by atoms with Gasteiger partial charge in [0.2, 0.25) is 5.91 Å². The Balaban J connectivity index is 2.18. The van der Waals surface area contributed by atoms with Crippen LogP contribution in [0.25, 0.3) is 0 Å². The molecule has 18 heavy (non-hydrogen) atoms. The fourth-order valence-electron chi connectivity index (χ4n) is 1.81. The van der Waals surface area contributed by atoms with Crippen LogP contribution in [0.2, 0.25) is 0 Å². The van der Waals surface area contributed by atoms with Crippen LogP contribution in [0.1, 0.15) is 12.0 Å². The number of nitrogens with zero attached hydrogens (tertiary/aromatic N) is 2. The quantitative estimate of drug-likeness (QED) is 0.576. The normalized spacial score (nSPS) is 18.9. The fourth-order valence-corrected chi connectivity index (χ4v) is 1.81. The molecular weight excluding hydrogens is 232 g/mol. The highest BCUT2D eigenvalue weighted by Crippen LogP contribution is 2.20. The third-order valence-electron chi connectivity index (χ3n) is 2.90. The average Bonchev–Trinajstić information content (AvgIpc) is 2.59. The minimum absolute atomic E-state index is 0.127. The predicted molar refractivity (Wildman–Crippen MR) is 65.4 cm³/mol. The van der Waals surface area contributed by atoms with E-state index < -0.39 is 6.04 Å². The molecule has 0 bridgehead atoms. The van der Waals surface area contributed by atoms with Crippen molar-refractivity contribution in [3.63, 3.8) is 0 Å². The Morgan fingerprint density at radius 1 is 1.50 bits per heavy atom. The SMILES string of the molecule is CN1C(=O)CC(Nc2ccc(N)c(C#N)c2)C1=O. The third-order valence-corrected chi connectivity index (χ3v) is 2.90. The van der Waals surface area contributed by atoms with Gasteiger partial charge in [0.25, 0.3) is 5.91 Å². The molecule has 1 saturated heterocycles. The van der Waals surface area contributed by atoms with Gasteiger partial charge in [-0.3, -0.25) is 14.5 Å². The second-order valence-electron chi connectivity index (χ2n) is 4.11. The van der Waals surface area contributed by atoms with E-state index in [0.29, 0.717) is 16.9 Å². The molecule has 1 aromatic rings. The molecule has 1 aromatic carbocycles. The van der Waals surface area contributed by atoms with Gasteiger partial charge in [0.1, 0.15) is 12.1 Å². The number of benzene rings is 1. The summed E-state index contributed by atoms with van der Waals surface area (Å²) in [5.74, 6) is -0.483. The number of nitriles is 1. The van der Waals surface area contributed by atoms with Gasteiger partial charge < -0.3 is 11.1 Å². The third kappa shape index (κ3) is 1.98. The number of hydrogen-bond acceptors (Lipinski definition) is 5. The highest BCUT2D eigenvalue weighted by molar-refractivity contribution is 6.06. The smallest absolute Gasteiger partial charge is 0.251 e. The standard InChI is InChI=1S/C12H12N4O2/c1-16-11(17)5-10(12(16)18)15-8-2-3-9(14)7(4-8)6-13/h2-4,10,15H,5,14H2,1H3. The molecule has 1 aliphatic heterocycles. The van der Waals surface area contributed by atoms with Gasteiger partial charge in [0.05, 0.1) is 12.0 Å². The molecule has 1 fully saturated rings. The molecule has 2 amide bonds. The summed E-state index contributed by atoms with van der Waals surface area (Å²) in [6.45, 7) is 0. The Labute approximate surface area is 104 Å². The fraction of sp³-hybridized carbons (Fsp3) is 0.250. The zero-order chi connectivity index (χ0) is 13.3. The molecule has 0 saturated carbocycles. The maximum absolute atomic E-state index is 11.7. The van der Waals surface area contributed by atoms with Crippen molar-refractivity contribution in [2.75, 3.05) is 18.1 Å². The Hall–Kier alpha value is -2.55. The summed E-state index contributed by atoms with van der Waals surface area (Å²) in [5.41, 5.74) is 6.92. The Kier molecular flexibility index (Phi) is 2.90. The number of nitrogens with one attached hydrogen (secondary N) is 1. The van der Waals surface area contributed by atoms with Gasteiger partial charge in [0.15, 0.2) is 0 Å². The van der Waals surface area contributed by atoms with Gasteiger partial charge >= 0.3 is 0 Å². The molecule has 1 aliphatic rings. The van der Waals surface area contributed by atoms with Crippen LogP contribution in [-0.2, 0) is 9.59 Å². The largest absolute Gasteiger partial charge is 0.398 e. The van der Waals surface area contributed by atoms with Gasteiger partial charge in [-0.15, -0.1) is 0 Å². The zero-order valence-corrected chi connectivity index (χ0v) is 9.80. The van der Waals surface area contributed by atoms with E-state index in [1.165, 1.54) is 7.05 Å². The van der Waals surface area contributed by atoms with E-state index in [1.54, 1.807) is 18.2 Å². The minimum Gasteiger partial charge on any atom is -0.398 e. The second kappa shape index (κ2) is 4.37. The number of nitrogen functional groups attached to an aromatic ring is 1. The number of rotatable bonds is 2. The lowest BCUT2D eigenvalue weighted by Crippen LogP contribution is -2.31. The molecule has 1 atom stereocenters. The molecule has 92 valence electrons. The summed E-state index contributed by atoms with van der Waals surface area (Å²) >= 11 is 0. The first-order chi connectivity index (χ1) is 8.52. The van der Waals surface area contributed by atoms with Crippen LogP contribution >= 0.6 is 0 Å². The van der Waals surface area contributed by atoms with E-state index in [-0.39, 0.29) is 18.2 Å². The lowest BCUT2D eigenvalue weighted by molar-refractivity contribution is -0.136. The monoisotopic (exact) mass is 244 g/mol. The van der Waals surface area contributed by atoms with E-state index in [9.17, 15) is 9.59 Å². The minimum atomic E-state index is -0.572. The molecule has 0 aromatic heterocycles. The number of nitrogens with two attached hydrogens (primary N) is 1. The van der Waals surface area contributed by atoms with E-state index in [2.05, 4.69) is 5.32 Å². The number of likely N-dealkylation sites (N-methyl/N-ethyl adjacent to an activating group) is 1.